The second-order valence-electron chi connectivity index (χ2n) is 5.62. The second-order valence-corrected chi connectivity index (χ2v) is 5.62. The van der Waals surface area contributed by atoms with Crippen molar-refractivity contribution in [3.63, 3.8) is 0 Å². The minimum Gasteiger partial charge on any atom is -0.303 e. The molecule has 3 atom stereocenters. The molecule has 0 saturated carbocycles. The Kier molecular flexibility index (Phi) is 4.43. The van der Waals surface area contributed by atoms with E-state index in [2.05, 4.69) is 39.6 Å². The normalized spacial score (nSPS) is 31.3. The monoisotopic (exact) mass is 197 g/mol. The molecule has 0 amide bonds. The quantitative estimate of drug-likeness (QED) is 0.667. The van der Waals surface area contributed by atoms with Crippen molar-refractivity contribution < 1.29 is 0 Å². The third kappa shape index (κ3) is 2.98. The molecule has 0 radical (unpaired) electrons. The Morgan fingerprint density at radius 3 is 2.36 bits per heavy atom. The molecule has 1 heterocycles. The van der Waals surface area contributed by atoms with Crippen molar-refractivity contribution in [2.24, 2.45) is 17.8 Å². The summed E-state index contributed by atoms with van der Waals surface area (Å²) in [5.74, 6) is 2.68. The van der Waals surface area contributed by atoms with E-state index >= 15 is 0 Å². The maximum atomic E-state index is 2.58. The number of rotatable bonds is 4. The molecule has 84 valence electrons. The zero-order chi connectivity index (χ0) is 10.7. The zero-order valence-electron chi connectivity index (χ0n) is 10.6. The number of likely N-dealkylation sites (tertiary alicyclic amines) is 1. The van der Waals surface area contributed by atoms with Gasteiger partial charge in [0.15, 0.2) is 0 Å². The molecule has 0 bridgehead atoms. The molecule has 0 aromatic carbocycles. The SMILES string of the molecule is CCC1CC([C@H](C)CC(C)C)N(C)C1. The van der Waals surface area contributed by atoms with Crippen LogP contribution in [0.4, 0.5) is 0 Å². The van der Waals surface area contributed by atoms with E-state index in [4.69, 9.17) is 0 Å². The van der Waals surface area contributed by atoms with Gasteiger partial charge in [0.2, 0.25) is 0 Å². The molecular formula is C13H27N. The molecule has 1 aliphatic heterocycles. The average molecular weight is 197 g/mol. The standard InChI is InChI=1S/C13H27N/c1-6-12-8-13(14(5)9-12)11(4)7-10(2)3/h10-13H,6-9H2,1-5H3/t11-,12?,13?/m1/s1. The van der Waals surface area contributed by atoms with Gasteiger partial charge in [0.1, 0.15) is 0 Å². The third-order valence-corrected chi connectivity index (χ3v) is 3.76. The van der Waals surface area contributed by atoms with E-state index in [1.165, 1.54) is 25.8 Å². The third-order valence-electron chi connectivity index (χ3n) is 3.76. The molecular weight excluding hydrogens is 170 g/mol. The summed E-state index contributed by atoms with van der Waals surface area (Å²) < 4.78 is 0. The van der Waals surface area contributed by atoms with Gasteiger partial charge in [0.05, 0.1) is 0 Å². The van der Waals surface area contributed by atoms with Gasteiger partial charge in [-0.2, -0.15) is 0 Å². The van der Waals surface area contributed by atoms with Gasteiger partial charge in [0.25, 0.3) is 0 Å². The molecule has 1 heteroatoms. The molecule has 0 aromatic rings. The molecule has 1 saturated heterocycles. The van der Waals surface area contributed by atoms with Crippen molar-refractivity contribution in [3.8, 4) is 0 Å². The van der Waals surface area contributed by atoms with Gasteiger partial charge < -0.3 is 4.90 Å². The Hall–Kier alpha value is -0.0400. The van der Waals surface area contributed by atoms with Crippen LogP contribution in [0.1, 0.15) is 47.0 Å². The first kappa shape index (κ1) is 12.0. The molecule has 0 aliphatic carbocycles. The fraction of sp³-hybridized carbons (Fsp3) is 1.00. The van der Waals surface area contributed by atoms with Crippen molar-refractivity contribution in [2.75, 3.05) is 13.6 Å². The summed E-state index contributed by atoms with van der Waals surface area (Å²) in [7, 11) is 2.30. The van der Waals surface area contributed by atoms with E-state index in [0.717, 1.165) is 23.8 Å². The van der Waals surface area contributed by atoms with Gasteiger partial charge >= 0.3 is 0 Å². The Balaban J connectivity index is 2.43. The van der Waals surface area contributed by atoms with Crippen LogP contribution in [0, 0.1) is 17.8 Å². The maximum absolute atomic E-state index is 2.58. The Labute approximate surface area is 89.9 Å². The molecule has 1 aliphatic rings. The van der Waals surface area contributed by atoms with E-state index in [1.54, 1.807) is 0 Å². The Morgan fingerprint density at radius 1 is 1.29 bits per heavy atom. The Morgan fingerprint density at radius 2 is 1.93 bits per heavy atom. The molecule has 0 aromatic heterocycles. The summed E-state index contributed by atoms with van der Waals surface area (Å²) in [5.41, 5.74) is 0. The van der Waals surface area contributed by atoms with Crippen LogP contribution in [-0.4, -0.2) is 24.5 Å². The van der Waals surface area contributed by atoms with Crippen LogP contribution in [0.5, 0.6) is 0 Å². The lowest BCUT2D eigenvalue weighted by atomic mass is 9.89. The smallest absolute Gasteiger partial charge is 0.0121 e. The van der Waals surface area contributed by atoms with Crippen molar-refractivity contribution in [1.29, 1.82) is 0 Å². The summed E-state index contributed by atoms with van der Waals surface area (Å²) in [4.78, 5) is 2.58. The maximum Gasteiger partial charge on any atom is 0.0121 e. The van der Waals surface area contributed by atoms with Gasteiger partial charge in [-0.1, -0.05) is 34.1 Å². The summed E-state index contributed by atoms with van der Waals surface area (Å²) in [6.07, 6.45) is 4.17. The number of hydrogen-bond acceptors (Lipinski definition) is 1. The van der Waals surface area contributed by atoms with Crippen LogP contribution in [0.15, 0.2) is 0 Å². The Bertz CT molecular complexity index is 165. The number of nitrogens with zero attached hydrogens (tertiary/aromatic N) is 1. The van der Waals surface area contributed by atoms with Crippen LogP contribution in [0.25, 0.3) is 0 Å². The number of hydrogen-bond donors (Lipinski definition) is 0. The highest BCUT2D eigenvalue weighted by atomic mass is 15.2. The van der Waals surface area contributed by atoms with Gasteiger partial charge in [-0.25, -0.2) is 0 Å². The lowest BCUT2D eigenvalue weighted by Gasteiger charge is -2.27. The highest BCUT2D eigenvalue weighted by Gasteiger charge is 2.31. The summed E-state index contributed by atoms with van der Waals surface area (Å²) in [6, 6.07) is 0.849. The zero-order valence-corrected chi connectivity index (χ0v) is 10.6. The largest absolute Gasteiger partial charge is 0.303 e. The van der Waals surface area contributed by atoms with Crippen LogP contribution < -0.4 is 0 Å². The first-order valence-electron chi connectivity index (χ1n) is 6.24. The van der Waals surface area contributed by atoms with Crippen LogP contribution in [0.3, 0.4) is 0 Å². The van der Waals surface area contributed by atoms with Crippen LogP contribution in [0.2, 0.25) is 0 Å². The molecule has 2 unspecified atom stereocenters. The van der Waals surface area contributed by atoms with E-state index in [1.807, 2.05) is 0 Å². The van der Waals surface area contributed by atoms with E-state index in [0.29, 0.717) is 0 Å². The van der Waals surface area contributed by atoms with E-state index in [-0.39, 0.29) is 0 Å². The van der Waals surface area contributed by atoms with Crippen molar-refractivity contribution >= 4 is 0 Å². The van der Waals surface area contributed by atoms with Crippen molar-refractivity contribution in [2.45, 2.75) is 53.0 Å². The molecule has 1 fully saturated rings. The predicted octanol–water partition coefficient (Wildman–Crippen LogP) is 3.40. The van der Waals surface area contributed by atoms with Gasteiger partial charge in [0, 0.05) is 12.6 Å². The average Bonchev–Trinajstić information content (AvgIpc) is 2.45. The predicted molar refractivity (Wildman–Crippen MR) is 63.4 cm³/mol. The lowest BCUT2D eigenvalue weighted by Crippen LogP contribution is -2.31. The molecule has 14 heavy (non-hydrogen) atoms. The first-order chi connectivity index (χ1) is 6.54. The molecule has 0 spiro atoms. The fourth-order valence-corrected chi connectivity index (χ4v) is 3.00. The van der Waals surface area contributed by atoms with Gasteiger partial charge in [-0.05, 0) is 37.6 Å². The minimum absolute atomic E-state index is 0.846. The molecule has 0 N–H and O–H groups in total. The topological polar surface area (TPSA) is 3.24 Å². The van der Waals surface area contributed by atoms with E-state index in [9.17, 15) is 0 Å². The highest BCUT2D eigenvalue weighted by molar-refractivity contribution is 4.86. The van der Waals surface area contributed by atoms with Crippen molar-refractivity contribution in [3.05, 3.63) is 0 Å². The summed E-state index contributed by atoms with van der Waals surface area (Å²) in [5, 5.41) is 0. The van der Waals surface area contributed by atoms with Crippen LogP contribution >= 0.6 is 0 Å². The lowest BCUT2D eigenvalue weighted by molar-refractivity contribution is 0.216. The van der Waals surface area contributed by atoms with Crippen molar-refractivity contribution in [1.82, 2.24) is 4.90 Å². The fourth-order valence-electron chi connectivity index (χ4n) is 3.00. The molecule has 1 nitrogen and oxygen atoms in total. The van der Waals surface area contributed by atoms with E-state index < -0.39 is 0 Å². The van der Waals surface area contributed by atoms with Gasteiger partial charge in [-0.15, -0.1) is 0 Å². The first-order valence-corrected chi connectivity index (χ1v) is 6.24. The summed E-state index contributed by atoms with van der Waals surface area (Å²) in [6.45, 7) is 10.8. The van der Waals surface area contributed by atoms with Gasteiger partial charge in [-0.3, -0.25) is 0 Å². The minimum atomic E-state index is 0.846. The summed E-state index contributed by atoms with van der Waals surface area (Å²) >= 11 is 0. The van der Waals surface area contributed by atoms with Crippen LogP contribution in [-0.2, 0) is 0 Å². The second kappa shape index (κ2) is 5.16. The molecule has 1 rings (SSSR count). The highest BCUT2D eigenvalue weighted by Crippen LogP contribution is 2.31.